The third kappa shape index (κ3) is 2.48. The molecule has 0 aromatic carbocycles. The Kier molecular flexibility index (Phi) is 3.46. The van der Waals surface area contributed by atoms with Crippen LogP contribution in [0.25, 0.3) is 10.6 Å². The van der Waals surface area contributed by atoms with Gasteiger partial charge in [-0.2, -0.15) is 0 Å². The molecule has 0 amide bonds. The summed E-state index contributed by atoms with van der Waals surface area (Å²) in [7, 11) is 0. The highest BCUT2D eigenvalue weighted by molar-refractivity contribution is 9.11. The van der Waals surface area contributed by atoms with Gasteiger partial charge in [-0.1, -0.05) is 0 Å². The maximum atomic E-state index is 4.74. The van der Waals surface area contributed by atoms with E-state index in [1.807, 2.05) is 6.92 Å². The summed E-state index contributed by atoms with van der Waals surface area (Å²) in [6, 6.07) is 6.23. The summed E-state index contributed by atoms with van der Waals surface area (Å²) in [5.41, 5.74) is 2.09. The molecule has 1 aliphatic heterocycles. The Hall–Kier alpha value is -0.780. The van der Waals surface area contributed by atoms with Crippen molar-refractivity contribution in [3.63, 3.8) is 0 Å². The lowest BCUT2D eigenvalue weighted by Gasteiger charge is -2.09. The van der Waals surface area contributed by atoms with E-state index in [0.29, 0.717) is 5.92 Å². The van der Waals surface area contributed by atoms with E-state index >= 15 is 0 Å². The molecule has 2 aromatic rings. The molecule has 3 nitrogen and oxygen atoms in total. The Morgan fingerprint density at radius 2 is 2.28 bits per heavy atom. The van der Waals surface area contributed by atoms with Gasteiger partial charge in [-0.15, -0.1) is 11.3 Å². The number of aryl methyl sites for hydroxylation is 1. The van der Waals surface area contributed by atoms with Crippen LogP contribution in [0.5, 0.6) is 0 Å². The first-order chi connectivity index (χ1) is 8.72. The standard InChI is InChI=1S/C13H14BrN3S/c1-8-6-10(11-2-3-12(14)18-11)17-13(16-8)9-4-5-15-7-9/h2-3,6,9,15H,4-5,7H2,1H3. The fraction of sp³-hybridized carbons (Fsp3) is 0.385. The van der Waals surface area contributed by atoms with Crippen LogP contribution in [-0.2, 0) is 0 Å². The van der Waals surface area contributed by atoms with Crippen LogP contribution in [0.2, 0.25) is 0 Å². The molecule has 1 saturated heterocycles. The van der Waals surface area contributed by atoms with Crippen molar-refractivity contribution in [1.29, 1.82) is 0 Å². The molecular formula is C13H14BrN3S. The summed E-state index contributed by atoms with van der Waals surface area (Å²) in [5, 5.41) is 3.37. The quantitative estimate of drug-likeness (QED) is 0.920. The zero-order valence-electron chi connectivity index (χ0n) is 10.1. The monoisotopic (exact) mass is 323 g/mol. The van der Waals surface area contributed by atoms with E-state index in [0.717, 1.165) is 40.5 Å². The average molecular weight is 324 g/mol. The van der Waals surface area contributed by atoms with E-state index in [-0.39, 0.29) is 0 Å². The Morgan fingerprint density at radius 1 is 1.39 bits per heavy atom. The Morgan fingerprint density at radius 3 is 2.94 bits per heavy atom. The molecule has 1 atom stereocenters. The average Bonchev–Trinajstić information content (AvgIpc) is 2.98. The number of rotatable bonds is 2. The fourth-order valence-corrected chi connectivity index (χ4v) is 3.57. The third-order valence-corrected chi connectivity index (χ3v) is 4.77. The second-order valence-electron chi connectivity index (χ2n) is 4.55. The molecule has 5 heteroatoms. The van der Waals surface area contributed by atoms with E-state index in [4.69, 9.17) is 4.98 Å². The van der Waals surface area contributed by atoms with Crippen molar-refractivity contribution in [2.45, 2.75) is 19.3 Å². The van der Waals surface area contributed by atoms with E-state index in [1.165, 1.54) is 4.88 Å². The van der Waals surface area contributed by atoms with Crippen LogP contribution in [0.4, 0.5) is 0 Å². The van der Waals surface area contributed by atoms with Gasteiger partial charge in [-0.3, -0.25) is 0 Å². The summed E-state index contributed by atoms with van der Waals surface area (Å²) < 4.78 is 1.14. The number of thiophene rings is 1. The van der Waals surface area contributed by atoms with Gasteiger partial charge < -0.3 is 5.32 Å². The molecule has 18 heavy (non-hydrogen) atoms. The normalized spacial score (nSPS) is 19.3. The topological polar surface area (TPSA) is 37.8 Å². The van der Waals surface area contributed by atoms with Crippen LogP contribution >= 0.6 is 27.3 Å². The van der Waals surface area contributed by atoms with Gasteiger partial charge in [0.15, 0.2) is 0 Å². The highest BCUT2D eigenvalue weighted by Gasteiger charge is 2.20. The predicted molar refractivity (Wildman–Crippen MR) is 78.0 cm³/mol. The van der Waals surface area contributed by atoms with Crippen molar-refractivity contribution in [3.8, 4) is 10.6 Å². The molecule has 0 bridgehead atoms. The molecular weight excluding hydrogens is 310 g/mol. The maximum Gasteiger partial charge on any atom is 0.133 e. The molecule has 1 fully saturated rings. The molecule has 0 spiro atoms. The molecule has 2 aromatic heterocycles. The molecule has 1 unspecified atom stereocenters. The maximum absolute atomic E-state index is 4.74. The Balaban J connectivity index is 1.99. The molecule has 0 aliphatic carbocycles. The molecule has 0 saturated carbocycles. The van der Waals surface area contributed by atoms with Crippen molar-refractivity contribution in [3.05, 3.63) is 33.5 Å². The van der Waals surface area contributed by atoms with Gasteiger partial charge in [-0.25, -0.2) is 9.97 Å². The van der Waals surface area contributed by atoms with Gasteiger partial charge in [-0.05, 0) is 54.0 Å². The summed E-state index contributed by atoms with van der Waals surface area (Å²) in [6.45, 7) is 4.11. The first kappa shape index (κ1) is 12.3. The summed E-state index contributed by atoms with van der Waals surface area (Å²) in [4.78, 5) is 10.5. The lowest BCUT2D eigenvalue weighted by molar-refractivity contribution is 0.698. The zero-order chi connectivity index (χ0) is 12.5. The summed E-state index contributed by atoms with van der Waals surface area (Å²) >= 11 is 5.21. The van der Waals surface area contributed by atoms with E-state index < -0.39 is 0 Å². The minimum Gasteiger partial charge on any atom is -0.316 e. The third-order valence-electron chi connectivity index (χ3n) is 3.12. The zero-order valence-corrected chi connectivity index (χ0v) is 12.5. The van der Waals surface area contributed by atoms with Crippen molar-refractivity contribution in [1.82, 2.24) is 15.3 Å². The SMILES string of the molecule is Cc1cc(-c2ccc(Br)s2)nc(C2CCNC2)n1. The van der Waals surface area contributed by atoms with Gasteiger partial charge in [0.1, 0.15) is 5.82 Å². The second kappa shape index (κ2) is 5.07. The number of hydrogen-bond acceptors (Lipinski definition) is 4. The largest absolute Gasteiger partial charge is 0.316 e. The van der Waals surface area contributed by atoms with Crippen LogP contribution in [-0.4, -0.2) is 23.1 Å². The summed E-state index contributed by atoms with van der Waals surface area (Å²) in [5.74, 6) is 1.45. The van der Waals surface area contributed by atoms with Crippen LogP contribution in [0, 0.1) is 6.92 Å². The van der Waals surface area contributed by atoms with E-state index in [2.05, 4.69) is 44.4 Å². The molecule has 3 heterocycles. The van der Waals surface area contributed by atoms with Crippen LogP contribution in [0.1, 0.15) is 23.9 Å². The number of aromatic nitrogens is 2. The minimum absolute atomic E-state index is 0.465. The molecule has 94 valence electrons. The lowest BCUT2D eigenvalue weighted by atomic mass is 10.1. The van der Waals surface area contributed by atoms with E-state index in [9.17, 15) is 0 Å². The van der Waals surface area contributed by atoms with Gasteiger partial charge in [0.05, 0.1) is 14.4 Å². The van der Waals surface area contributed by atoms with Crippen molar-refractivity contribution in [2.24, 2.45) is 0 Å². The first-order valence-electron chi connectivity index (χ1n) is 6.04. The smallest absolute Gasteiger partial charge is 0.133 e. The Labute approximate surface area is 119 Å². The van der Waals surface area contributed by atoms with E-state index in [1.54, 1.807) is 11.3 Å². The number of hydrogen-bond donors (Lipinski definition) is 1. The second-order valence-corrected chi connectivity index (χ2v) is 7.01. The molecule has 1 aliphatic rings. The van der Waals surface area contributed by atoms with Gasteiger partial charge in [0.2, 0.25) is 0 Å². The lowest BCUT2D eigenvalue weighted by Crippen LogP contribution is -2.11. The van der Waals surface area contributed by atoms with Crippen molar-refractivity contribution in [2.75, 3.05) is 13.1 Å². The minimum atomic E-state index is 0.465. The fourth-order valence-electron chi connectivity index (χ4n) is 2.23. The van der Waals surface area contributed by atoms with Crippen LogP contribution in [0.3, 0.4) is 0 Å². The highest BCUT2D eigenvalue weighted by atomic mass is 79.9. The number of nitrogens with one attached hydrogen (secondary N) is 1. The number of halogens is 1. The molecule has 1 N–H and O–H groups in total. The van der Waals surface area contributed by atoms with Crippen molar-refractivity contribution < 1.29 is 0 Å². The highest BCUT2D eigenvalue weighted by Crippen LogP contribution is 2.31. The molecule has 3 rings (SSSR count). The van der Waals surface area contributed by atoms with Crippen molar-refractivity contribution >= 4 is 27.3 Å². The van der Waals surface area contributed by atoms with Crippen LogP contribution in [0.15, 0.2) is 22.0 Å². The Bertz CT molecular complexity index is 561. The van der Waals surface area contributed by atoms with Gasteiger partial charge in [0, 0.05) is 18.2 Å². The predicted octanol–water partition coefficient (Wildman–Crippen LogP) is 3.35. The van der Waals surface area contributed by atoms with Gasteiger partial charge >= 0.3 is 0 Å². The number of nitrogens with zero attached hydrogens (tertiary/aromatic N) is 2. The van der Waals surface area contributed by atoms with Crippen LogP contribution < -0.4 is 5.32 Å². The first-order valence-corrected chi connectivity index (χ1v) is 7.65. The molecule has 0 radical (unpaired) electrons. The van der Waals surface area contributed by atoms with Gasteiger partial charge in [0.25, 0.3) is 0 Å². The summed E-state index contributed by atoms with van der Waals surface area (Å²) in [6.07, 6.45) is 1.14.